The normalized spacial score (nSPS) is 11.0. The topological polar surface area (TPSA) is 122 Å². The van der Waals surface area contributed by atoms with E-state index in [2.05, 4.69) is 10.3 Å². The Labute approximate surface area is 125 Å². The van der Waals surface area contributed by atoms with Crippen LogP contribution in [0.2, 0.25) is 5.15 Å². The van der Waals surface area contributed by atoms with Gasteiger partial charge in [0, 0.05) is 6.07 Å². The van der Waals surface area contributed by atoms with Crippen LogP contribution in [0.3, 0.4) is 0 Å². The third-order valence-corrected chi connectivity index (χ3v) is 3.55. The molecule has 1 amide bonds. The van der Waals surface area contributed by atoms with Crippen LogP contribution in [-0.2, 0) is 4.79 Å². The van der Waals surface area contributed by atoms with E-state index in [1.807, 2.05) is 0 Å². The summed E-state index contributed by atoms with van der Waals surface area (Å²) in [6.07, 6.45) is 1.23. The van der Waals surface area contributed by atoms with Gasteiger partial charge in [-0.05, 0) is 12.8 Å². The fourth-order valence-electron chi connectivity index (χ4n) is 1.76. The lowest BCUT2D eigenvalue weighted by molar-refractivity contribution is -0.385. The van der Waals surface area contributed by atoms with Gasteiger partial charge in [0.25, 0.3) is 11.6 Å². The van der Waals surface area contributed by atoms with Crippen LogP contribution in [0.5, 0.6) is 0 Å². The number of carbonyl (C=O) groups excluding carboxylic acids is 1. The summed E-state index contributed by atoms with van der Waals surface area (Å²) in [6, 6.07) is 0.961. The monoisotopic (exact) mass is 315 g/mol. The van der Waals surface area contributed by atoms with Crippen LogP contribution in [0, 0.1) is 10.1 Å². The molecular formula is C12H14ClN3O5. The van der Waals surface area contributed by atoms with E-state index in [0.29, 0.717) is 0 Å². The number of nitro groups is 1. The molecule has 0 bridgehead atoms. The average molecular weight is 316 g/mol. The number of aromatic nitrogens is 1. The van der Waals surface area contributed by atoms with Crippen LogP contribution >= 0.6 is 11.6 Å². The van der Waals surface area contributed by atoms with Gasteiger partial charge in [0.05, 0.1) is 10.5 Å². The minimum absolute atomic E-state index is 0.157. The van der Waals surface area contributed by atoms with Gasteiger partial charge in [-0.15, -0.1) is 0 Å². The van der Waals surface area contributed by atoms with E-state index in [0.717, 1.165) is 12.3 Å². The lowest BCUT2D eigenvalue weighted by Crippen LogP contribution is -2.53. The van der Waals surface area contributed by atoms with Gasteiger partial charge in [-0.1, -0.05) is 25.4 Å². The summed E-state index contributed by atoms with van der Waals surface area (Å²) in [6.45, 7) is 3.23. The molecule has 1 aromatic heterocycles. The average Bonchev–Trinajstić information content (AvgIpc) is 2.44. The smallest absolute Gasteiger partial charge is 0.329 e. The Morgan fingerprint density at radius 1 is 1.48 bits per heavy atom. The van der Waals surface area contributed by atoms with Gasteiger partial charge >= 0.3 is 5.97 Å². The number of amides is 1. The Kier molecular flexibility index (Phi) is 5.20. The second-order valence-electron chi connectivity index (χ2n) is 4.34. The SMILES string of the molecule is CCC(CC)(NC(=O)c1cc([N+](=O)[O-])cnc1Cl)C(=O)O. The number of nitrogens with zero attached hydrogens (tertiary/aromatic N) is 2. The van der Waals surface area contributed by atoms with E-state index in [1.54, 1.807) is 13.8 Å². The zero-order valence-corrected chi connectivity index (χ0v) is 12.2. The van der Waals surface area contributed by atoms with Crippen molar-refractivity contribution in [3.63, 3.8) is 0 Å². The van der Waals surface area contributed by atoms with Gasteiger partial charge in [0.1, 0.15) is 16.9 Å². The molecule has 114 valence electrons. The number of halogens is 1. The summed E-state index contributed by atoms with van der Waals surface area (Å²) in [7, 11) is 0. The summed E-state index contributed by atoms with van der Waals surface area (Å²) < 4.78 is 0. The highest BCUT2D eigenvalue weighted by molar-refractivity contribution is 6.32. The highest BCUT2D eigenvalue weighted by Gasteiger charge is 2.37. The number of hydrogen-bond acceptors (Lipinski definition) is 5. The van der Waals surface area contributed by atoms with Crippen molar-refractivity contribution in [2.24, 2.45) is 0 Å². The van der Waals surface area contributed by atoms with Crippen LogP contribution in [-0.4, -0.2) is 32.4 Å². The molecule has 0 aliphatic rings. The molecule has 0 aliphatic heterocycles. The van der Waals surface area contributed by atoms with E-state index in [1.165, 1.54) is 0 Å². The Bertz CT molecular complexity index is 586. The minimum Gasteiger partial charge on any atom is -0.480 e. The van der Waals surface area contributed by atoms with Gasteiger partial charge in [-0.2, -0.15) is 0 Å². The molecule has 0 fully saturated rings. The molecule has 2 N–H and O–H groups in total. The van der Waals surface area contributed by atoms with Crippen molar-refractivity contribution in [2.45, 2.75) is 32.2 Å². The van der Waals surface area contributed by atoms with Crippen molar-refractivity contribution < 1.29 is 19.6 Å². The summed E-state index contributed by atoms with van der Waals surface area (Å²) in [5.74, 6) is -2.00. The number of carboxylic acids is 1. The highest BCUT2D eigenvalue weighted by atomic mass is 35.5. The maximum Gasteiger partial charge on any atom is 0.329 e. The lowest BCUT2D eigenvalue weighted by atomic mass is 9.92. The van der Waals surface area contributed by atoms with Crippen molar-refractivity contribution in [1.82, 2.24) is 10.3 Å². The number of nitrogens with one attached hydrogen (secondary N) is 1. The molecule has 0 spiro atoms. The number of carboxylic acid groups (broad SMARTS) is 1. The number of hydrogen-bond donors (Lipinski definition) is 2. The standard InChI is InChI=1S/C12H14ClN3O5/c1-3-12(4-2,11(18)19)15-10(17)8-5-7(16(20)21)6-14-9(8)13/h5-6H,3-4H2,1-2H3,(H,15,17)(H,18,19). The van der Waals surface area contributed by atoms with Crippen LogP contribution in [0.1, 0.15) is 37.0 Å². The molecule has 21 heavy (non-hydrogen) atoms. The number of rotatable bonds is 6. The van der Waals surface area contributed by atoms with Gasteiger partial charge < -0.3 is 10.4 Å². The molecule has 0 saturated carbocycles. The Balaban J connectivity index is 3.17. The molecule has 1 aromatic rings. The van der Waals surface area contributed by atoms with Gasteiger partial charge in [0.2, 0.25) is 0 Å². The zero-order valence-electron chi connectivity index (χ0n) is 11.4. The molecule has 0 aliphatic carbocycles. The fraction of sp³-hybridized carbons (Fsp3) is 0.417. The highest BCUT2D eigenvalue weighted by Crippen LogP contribution is 2.22. The maximum absolute atomic E-state index is 12.2. The van der Waals surface area contributed by atoms with Crippen LogP contribution < -0.4 is 5.32 Å². The summed E-state index contributed by atoms with van der Waals surface area (Å²) in [4.78, 5) is 37.0. The van der Waals surface area contributed by atoms with E-state index in [-0.39, 0.29) is 23.6 Å². The molecule has 1 heterocycles. The summed E-state index contributed by atoms with van der Waals surface area (Å²) >= 11 is 5.75. The number of aliphatic carboxylic acids is 1. The van der Waals surface area contributed by atoms with Crippen molar-refractivity contribution in [2.75, 3.05) is 0 Å². The fourth-order valence-corrected chi connectivity index (χ4v) is 1.95. The van der Waals surface area contributed by atoms with Crippen molar-refractivity contribution >= 4 is 29.2 Å². The predicted octanol–water partition coefficient (Wildman–Crippen LogP) is 2.02. The van der Waals surface area contributed by atoms with Crippen molar-refractivity contribution in [1.29, 1.82) is 0 Å². The molecule has 0 unspecified atom stereocenters. The Morgan fingerprint density at radius 3 is 2.48 bits per heavy atom. The van der Waals surface area contributed by atoms with Gasteiger partial charge in [-0.3, -0.25) is 14.9 Å². The molecule has 0 saturated heterocycles. The van der Waals surface area contributed by atoms with Crippen LogP contribution in [0.15, 0.2) is 12.3 Å². The van der Waals surface area contributed by atoms with Crippen LogP contribution in [0.25, 0.3) is 0 Å². The lowest BCUT2D eigenvalue weighted by Gasteiger charge is -2.28. The number of pyridine rings is 1. The Hall–Kier alpha value is -2.22. The second-order valence-corrected chi connectivity index (χ2v) is 4.70. The molecule has 0 atom stereocenters. The molecule has 1 rings (SSSR count). The van der Waals surface area contributed by atoms with E-state index in [9.17, 15) is 24.8 Å². The first-order valence-electron chi connectivity index (χ1n) is 6.13. The van der Waals surface area contributed by atoms with Crippen LogP contribution in [0.4, 0.5) is 5.69 Å². The van der Waals surface area contributed by atoms with Gasteiger partial charge in [0.15, 0.2) is 0 Å². The first kappa shape index (κ1) is 16.8. The third-order valence-electron chi connectivity index (χ3n) is 3.25. The predicted molar refractivity (Wildman–Crippen MR) is 74.3 cm³/mol. The second kappa shape index (κ2) is 6.49. The molecule has 0 radical (unpaired) electrons. The molecule has 8 nitrogen and oxygen atoms in total. The largest absolute Gasteiger partial charge is 0.480 e. The zero-order chi connectivity index (χ0) is 16.2. The minimum atomic E-state index is -1.45. The van der Waals surface area contributed by atoms with Gasteiger partial charge in [-0.25, -0.2) is 9.78 Å². The summed E-state index contributed by atoms with van der Waals surface area (Å²) in [5, 5.41) is 22.1. The van der Waals surface area contributed by atoms with E-state index < -0.39 is 28.0 Å². The maximum atomic E-state index is 12.2. The molecular weight excluding hydrogens is 302 g/mol. The first-order chi connectivity index (χ1) is 9.77. The summed E-state index contributed by atoms with van der Waals surface area (Å²) in [5.41, 5.74) is -2.10. The molecule has 0 aromatic carbocycles. The first-order valence-corrected chi connectivity index (χ1v) is 6.51. The van der Waals surface area contributed by atoms with Crippen molar-refractivity contribution in [3.05, 3.63) is 33.1 Å². The van der Waals surface area contributed by atoms with E-state index >= 15 is 0 Å². The third kappa shape index (κ3) is 3.46. The Morgan fingerprint density at radius 2 is 2.05 bits per heavy atom. The van der Waals surface area contributed by atoms with Crippen molar-refractivity contribution in [3.8, 4) is 0 Å². The molecule has 9 heteroatoms. The number of carbonyl (C=O) groups is 2. The quantitative estimate of drug-likeness (QED) is 0.470. The van der Waals surface area contributed by atoms with E-state index in [4.69, 9.17) is 11.6 Å².